The maximum absolute atomic E-state index is 5.68. The Labute approximate surface area is 121 Å². The number of benzene rings is 1. The van der Waals surface area contributed by atoms with E-state index >= 15 is 0 Å². The zero-order valence-electron chi connectivity index (χ0n) is 11.9. The van der Waals surface area contributed by atoms with E-state index in [1.807, 2.05) is 6.07 Å². The number of aryl methyl sites for hydroxylation is 1. The van der Waals surface area contributed by atoms with Crippen molar-refractivity contribution in [3.63, 3.8) is 0 Å². The van der Waals surface area contributed by atoms with Gasteiger partial charge in [0.15, 0.2) is 0 Å². The van der Waals surface area contributed by atoms with E-state index in [1.54, 1.807) is 0 Å². The van der Waals surface area contributed by atoms with Crippen LogP contribution in [0, 0.1) is 18.8 Å². The highest BCUT2D eigenvalue weighted by Crippen LogP contribution is 2.28. The molecule has 0 bridgehead atoms. The molecule has 19 heavy (non-hydrogen) atoms. The number of hydrogen-bond acceptors (Lipinski definition) is 2. The zero-order valence-corrected chi connectivity index (χ0v) is 12.7. The predicted molar refractivity (Wildman–Crippen MR) is 86.7 cm³/mol. The van der Waals surface area contributed by atoms with E-state index in [2.05, 4.69) is 31.3 Å². The van der Waals surface area contributed by atoms with Crippen molar-refractivity contribution in [1.82, 2.24) is 0 Å². The summed E-state index contributed by atoms with van der Waals surface area (Å²) in [5, 5.41) is 3.56. The van der Waals surface area contributed by atoms with Gasteiger partial charge in [-0.3, -0.25) is 0 Å². The minimum Gasteiger partial charge on any atom is -0.389 e. The molecule has 1 aliphatic rings. The lowest BCUT2D eigenvalue weighted by molar-refractivity contribution is 0.293. The van der Waals surface area contributed by atoms with Crippen molar-refractivity contribution in [2.45, 2.75) is 39.5 Å². The molecule has 3 N–H and O–H groups in total. The Kier molecular flexibility index (Phi) is 4.81. The molecule has 1 aromatic rings. The average Bonchev–Trinajstić information content (AvgIpc) is 2.36. The summed E-state index contributed by atoms with van der Waals surface area (Å²) in [5.74, 6) is 1.71. The molecule has 2 unspecified atom stereocenters. The van der Waals surface area contributed by atoms with E-state index in [9.17, 15) is 0 Å². The van der Waals surface area contributed by atoms with Crippen molar-refractivity contribution in [1.29, 1.82) is 0 Å². The third kappa shape index (κ3) is 3.93. The van der Waals surface area contributed by atoms with Gasteiger partial charge in [-0.2, -0.15) is 0 Å². The first kappa shape index (κ1) is 14.3. The Balaban J connectivity index is 1.92. The summed E-state index contributed by atoms with van der Waals surface area (Å²) in [6.07, 6.45) is 5.50. The van der Waals surface area contributed by atoms with Crippen LogP contribution in [0.3, 0.4) is 0 Å². The van der Waals surface area contributed by atoms with E-state index in [4.69, 9.17) is 18.0 Å². The molecule has 2 atom stereocenters. The van der Waals surface area contributed by atoms with E-state index in [-0.39, 0.29) is 0 Å². The highest BCUT2D eigenvalue weighted by Gasteiger charge is 2.18. The first-order valence-corrected chi connectivity index (χ1v) is 7.61. The lowest BCUT2D eigenvalue weighted by atomic mass is 9.82. The SMILES string of the molecule is Cc1cc(NCC2CCCC(C)C2)ccc1C(N)=S. The number of hydrogen-bond donors (Lipinski definition) is 2. The molecule has 1 fully saturated rings. The fourth-order valence-corrected chi connectivity index (χ4v) is 3.29. The number of thiocarbonyl (C=S) groups is 1. The van der Waals surface area contributed by atoms with Crippen molar-refractivity contribution in [3.8, 4) is 0 Å². The molecular formula is C16H24N2S. The van der Waals surface area contributed by atoms with E-state index in [1.165, 1.54) is 31.4 Å². The second-order valence-corrected chi connectivity index (χ2v) is 6.35. The van der Waals surface area contributed by atoms with Crippen LogP contribution in [-0.2, 0) is 0 Å². The Hall–Kier alpha value is -1.09. The molecule has 104 valence electrons. The fourth-order valence-electron chi connectivity index (χ4n) is 3.06. The minimum atomic E-state index is 0.477. The third-order valence-electron chi connectivity index (χ3n) is 4.13. The summed E-state index contributed by atoms with van der Waals surface area (Å²) in [5.41, 5.74) is 8.98. The Morgan fingerprint density at radius 1 is 1.42 bits per heavy atom. The quantitative estimate of drug-likeness (QED) is 0.820. The fraction of sp³-hybridized carbons (Fsp3) is 0.562. The summed E-state index contributed by atoms with van der Waals surface area (Å²) in [6.45, 7) is 5.51. The van der Waals surface area contributed by atoms with Crippen LogP contribution in [0.2, 0.25) is 0 Å². The molecule has 0 amide bonds. The van der Waals surface area contributed by atoms with Crippen molar-refractivity contribution < 1.29 is 0 Å². The van der Waals surface area contributed by atoms with Crippen LogP contribution >= 0.6 is 12.2 Å². The molecule has 3 heteroatoms. The van der Waals surface area contributed by atoms with Crippen molar-refractivity contribution in [3.05, 3.63) is 29.3 Å². The number of nitrogens with one attached hydrogen (secondary N) is 1. The summed E-state index contributed by atoms with van der Waals surface area (Å²) < 4.78 is 0. The molecule has 2 nitrogen and oxygen atoms in total. The largest absolute Gasteiger partial charge is 0.389 e. The molecule has 1 aliphatic carbocycles. The molecule has 0 heterocycles. The first-order chi connectivity index (χ1) is 9.06. The zero-order chi connectivity index (χ0) is 13.8. The lowest BCUT2D eigenvalue weighted by Crippen LogP contribution is -2.21. The Morgan fingerprint density at radius 3 is 2.84 bits per heavy atom. The monoisotopic (exact) mass is 276 g/mol. The van der Waals surface area contributed by atoms with Gasteiger partial charge >= 0.3 is 0 Å². The topological polar surface area (TPSA) is 38.0 Å². The highest BCUT2D eigenvalue weighted by atomic mass is 32.1. The van der Waals surface area contributed by atoms with Gasteiger partial charge in [-0.1, -0.05) is 32.0 Å². The van der Waals surface area contributed by atoms with Gasteiger partial charge in [-0.05, 0) is 55.4 Å². The van der Waals surface area contributed by atoms with Crippen molar-refractivity contribution in [2.75, 3.05) is 11.9 Å². The number of nitrogens with two attached hydrogens (primary N) is 1. The number of anilines is 1. The van der Waals surface area contributed by atoms with Crippen LogP contribution in [0.1, 0.15) is 43.7 Å². The molecule has 1 aromatic carbocycles. The van der Waals surface area contributed by atoms with Crippen LogP contribution in [-0.4, -0.2) is 11.5 Å². The van der Waals surface area contributed by atoms with Crippen LogP contribution in [0.25, 0.3) is 0 Å². The van der Waals surface area contributed by atoms with Crippen molar-refractivity contribution >= 4 is 22.9 Å². The van der Waals surface area contributed by atoms with Gasteiger partial charge in [0.1, 0.15) is 4.99 Å². The maximum Gasteiger partial charge on any atom is 0.104 e. The number of rotatable bonds is 4. The predicted octanol–water partition coefficient (Wildman–Crippen LogP) is 3.87. The molecule has 0 aromatic heterocycles. The summed E-state index contributed by atoms with van der Waals surface area (Å²) in [7, 11) is 0. The first-order valence-electron chi connectivity index (χ1n) is 7.20. The summed E-state index contributed by atoms with van der Waals surface area (Å²) >= 11 is 5.03. The second-order valence-electron chi connectivity index (χ2n) is 5.91. The van der Waals surface area contributed by atoms with Gasteiger partial charge in [-0.25, -0.2) is 0 Å². The smallest absolute Gasteiger partial charge is 0.104 e. The van der Waals surface area contributed by atoms with Gasteiger partial charge in [0.2, 0.25) is 0 Å². The third-order valence-corrected chi connectivity index (χ3v) is 4.35. The summed E-state index contributed by atoms with van der Waals surface area (Å²) in [6, 6.07) is 6.23. The maximum atomic E-state index is 5.68. The van der Waals surface area contributed by atoms with E-state index in [0.717, 1.165) is 29.5 Å². The second kappa shape index (κ2) is 6.38. The van der Waals surface area contributed by atoms with Crippen LogP contribution in [0.15, 0.2) is 18.2 Å². The molecule has 0 saturated heterocycles. The molecule has 0 aliphatic heterocycles. The van der Waals surface area contributed by atoms with Crippen LogP contribution in [0.5, 0.6) is 0 Å². The molecule has 2 rings (SSSR count). The standard InChI is InChI=1S/C16H24N2S/c1-11-4-3-5-13(8-11)10-18-14-6-7-15(16(17)19)12(2)9-14/h6-7,9,11,13,18H,3-5,8,10H2,1-2H3,(H2,17,19). The van der Waals surface area contributed by atoms with Crippen LogP contribution < -0.4 is 11.1 Å². The van der Waals surface area contributed by atoms with Crippen molar-refractivity contribution in [2.24, 2.45) is 17.6 Å². The lowest BCUT2D eigenvalue weighted by Gasteiger charge is -2.27. The van der Waals surface area contributed by atoms with Gasteiger partial charge < -0.3 is 11.1 Å². The normalized spacial score (nSPS) is 23.1. The minimum absolute atomic E-state index is 0.477. The van der Waals surface area contributed by atoms with Gasteiger partial charge in [0, 0.05) is 17.8 Å². The highest BCUT2D eigenvalue weighted by molar-refractivity contribution is 7.80. The average molecular weight is 276 g/mol. The molecular weight excluding hydrogens is 252 g/mol. The van der Waals surface area contributed by atoms with Gasteiger partial charge in [-0.15, -0.1) is 0 Å². The van der Waals surface area contributed by atoms with Gasteiger partial charge in [0.05, 0.1) is 0 Å². The van der Waals surface area contributed by atoms with E-state index < -0.39 is 0 Å². The summed E-state index contributed by atoms with van der Waals surface area (Å²) in [4.78, 5) is 0.477. The molecule has 0 radical (unpaired) electrons. The van der Waals surface area contributed by atoms with E-state index in [0.29, 0.717) is 4.99 Å². The Morgan fingerprint density at radius 2 is 2.21 bits per heavy atom. The van der Waals surface area contributed by atoms with Crippen LogP contribution in [0.4, 0.5) is 5.69 Å². The molecule has 0 spiro atoms. The van der Waals surface area contributed by atoms with Gasteiger partial charge in [0.25, 0.3) is 0 Å². The Bertz CT molecular complexity index is 456. The molecule has 1 saturated carbocycles.